The molecule has 0 spiro atoms. The van der Waals surface area contributed by atoms with Crippen molar-refractivity contribution in [3.05, 3.63) is 41.3 Å². The number of anilines is 2. The number of amides is 1. The summed E-state index contributed by atoms with van der Waals surface area (Å²) in [7, 11) is 1.59. The number of hydrogen-bond acceptors (Lipinski definition) is 5. The third-order valence-corrected chi connectivity index (χ3v) is 5.56. The Hall–Kier alpha value is -2.67. The van der Waals surface area contributed by atoms with E-state index in [1.54, 1.807) is 25.4 Å². The van der Waals surface area contributed by atoms with Crippen molar-refractivity contribution in [2.24, 2.45) is 0 Å². The lowest BCUT2D eigenvalue weighted by Gasteiger charge is -2.27. The van der Waals surface area contributed by atoms with Crippen molar-refractivity contribution in [3.8, 4) is 11.5 Å². The zero-order valence-corrected chi connectivity index (χ0v) is 16.0. The first kappa shape index (κ1) is 18.7. The Morgan fingerprint density at radius 3 is 2.79 bits per heavy atom. The number of nitrogens with one attached hydrogen (secondary N) is 1. The minimum Gasteiger partial charge on any atom is -0.454 e. The standard InChI is InChI=1S/C21H24FN3O3/c1-3-12-4-9-15(22)19-20(12)28-17-10-18(23-11-16(17)25(2)21(19)27)24-13-5-7-14(26)8-6-13/h4,9-11,13-14,26H,3,5-8H2,1-2H3,(H,23,24). The second kappa shape index (κ2) is 7.39. The summed E-state index contributed by atoms with van der Waals surface area (Å²) in [5.41, 5.74) is 1.22. The molecule has 1 amide bonds. The lowest BCUT2D eigenvalue weighted by Crippen LogP contribution is -2.29. The van der Waals surface area contributed by atoms with E-state index in [1.165, 1.54) is 11.0 Å². The summed E-state index contributed by atoms with van der Waals surface area (Å²) < 4.78 is 20.5. The minimum atomic E-state index is -0.594. The number of hydrogen-bond donors (Lipinski definition) is 2. The molecule has 1 fully saturated rings. The number of carbonyl (C=O) groups excluding carboxylic acids is 1. The lowest BCUT2D eigenvalue weighted by atomic mass is 9.93. The Morgan fingerprint density at radius 2 is 2.07 bits per heavy atom. The van der Waals surface area contributed by atoms with Gasteiger partial charge >= 0.3 is 0 Å². The van der Waals surface area contributed by atoms with Crippen LogP contribution in [0.1, 0.15) is 48.5 Å². The first-order valence-electron chi connectivity index (χ1n) is 9.69. The van der Waals surface area contributed by atoms with E-state index >= 15 is 0 Å². The van der Waals surface area contributed by atoms with Gasteiger partial charge in [0.2, 0.25) is 0 Å². The maximum absolute atomic E-state index is 14.5. The van der Waals surface area contributed by atoms with Crippen molar-refractivity contribution in [2.45, 2.75) is 51.2 Å². The first-order chi connectivity index (χ1) is 13.5. The van der Waals surface area contributed by atoms with Crippen LogP contribution < -0.4 is 15.0 Å². The summed E-state index contributed by atoms with van der Waals surface area (Å²) in [5, 5.41) is 13.1. The van der Waals surface area contributed by atoms with Crippen molar-refractivity contribution in [3.63, 3.8) is 0 Å². The molecule has 2 aromatic rings. The Balaban J connectivity index is 1.70. The van der Waals surface area contributed by atoms with E-state index in [9.17, 15) is 14.3 Å². The second-order valence-corrected chi connectivity index (χ2v) is 7.42. The van der Waals surface area contributed by atoms with Gasteiger partial charge in [0.1, 0.15) is 28.6 Å². The number of aromatic nitrogens is 1. The number of fused-ring (bicyclic) bond motifs is 2. The molecule has 2 N–H and O–H groups in total. The molecule has 1 aromatic carbocycles. The number of halogens is 1. The minimum absolute atomic E-state index is 0.0474. The molecule has 0 atom stereocenters. The van der Waals surface area contributed by atoms with Crippen LogP contribution in [0.15, 0.2) is 24.4 Å². The molecule has 2 aliphatic rings. The number of aliphatic hydroxyl groups is 1. The van der Waals surface area contributed by atoms with Gasteiger partial charge in [0.25, 0.3) is 5.91 Å². The molecule has 1 aliphatic heterocycles. The molecule has 4 rings (SSSR count). The number of ether oxygens (including phenoxy) is 1. The predicted molar refractivity (Wildman–Crippen MR) is 105 cm³/mol. The van der Waals surface area contributed by atoms with Crippen molar-refractivity contribution in [1.82, 2.24) is 4.98 Å². The maximum Gasteiger partial charge on any atom is 0.264 e. The van der Waals surface area contributed by atoms with E-state index in [2.05, 4.69) is 10.3 Å². The van der Waals surface area contributed by atoms with Crippen LogP contribution in [0, 0.1) is 5.82 Å². The Morgan fingerprint density at radius 1 is 1.32 bits per heavy atom. The Labute approximate surface area is 163 Å². The quantitative estimate of drug-likeness (QED) is 0.839. The average Bonchev–Trinajstić information content (AvgIpc) is 2.79. The van der Waals surface area contributed by atoms with Crippen molar-refractivity contribution < 1.29 is 19.0 Å². The number of benzene rings is 1. The number of rotatable bonds is 3. The summed E-state index contributed by atoms with van der Waals surface area (Å²) in [6.45, 7) is 1.94. The van der Waals surface area contributed by atoms with Crippen LogP contribution in [0.2, 0.25) is 0 Å². The lowest BCUT2D eigenvalue weighted by molar-refractivity contribution is 0.0989. The van der Waals surface area contributed by atoms with Gasteiger partial charge in [-0.1, -0.05) is 13.0 Å². The molecule has 148 valence electrons. The van der Waals surface area contributed by atoms with Gasteiger partial charge in [0.05, 0.1) is 12.3 Å². The predicted octanol–water partition coefficient (Wildman–Crippen LogP) is 3.88. The van der Waals surface area contributed by atoms with Crippen molar-refractivity contribution in [1.29, 1.82) is 0 Å². The summed E-state index contributed by atoms with van der Waals surface area (Å²) in [4.78, 5) is 18.7. The van der Waals surface area contributed by atoms with Crippen molar-refractivity contribution >= 4 is 17.4 Å². The molecule has 1 saturated carbocycles. The largest absolute Gasteiger partial charge is 0.454 e. The normalized spacial score (nSPS) is 21.4. The summed E-state index contributed by atoms with van der Waals surface area (Å²) in [5.74, 6) is 0.326. The molecule has 0 unspecified atom stereocenters. The fraction of sp³-hybridized carbons (Fsp3) is 0.429. The monoisotopic (exact) mass is 385 g/mol. The van der Waals surface area contributed by atoms with Gasteiger partial charge in [-0.2, -0.15) is 0 Å². The highest BCUT2D eigenvalue weighted by Crippen LogP contribution is 2.42. The third kappa shape index (κ3) is 3.30. The van der Waals surface area contributed by atoms with E-state index in [0.29, 0.717) is 23.7 Å². The van der Waals surface area contributed by atoms with E-state index < -0.39 is 11.7 Å². The highest BCUT2D eigenvalue weighted by molar-refractivity contribution is 6.09. The van der Waals surface area contributed by atoms with Crippen LogP contribution in [-0.4, -0.2) is 35.2 Å². The molecule has 6 nitrogen and oxygen atoms in total. The summed E-state index contributed by atoms with van der Waals surface area (Å²) in [6, 6.07) is 4.95. The van der Waals surface area contributed by atoms with E-state index in [1.807, 2.05) is 6.92 Å². The van der Waals surface area contributed by atoms with Gasteiger partial charge in [0.15, 0.2) is 5.75 Å². The van der Waals surface area contributed by atoms with Crippen LogP contribution in [0.25, 0.3) is 0 Å². The van der Waals surface area contributed by atoms with Gasteiger partial charge in [0, 0.05) is 19.2 Å². The fourth-order valence-corrected chi connectivity index (χ4v) is 3.85. The van der Waals surface area contributed by atoms with Crippen molar-refractivity contribution in [2.75, 3.05) is 17.3 Å². The topological polar surface area (TPSA) is 74.7 Å². The number of aliphatic hydroxyl groups excluding tert-OH is 1. The summed E-state index contributed by atoms with van der Waals surface area (Å²) in [6.07, 6.45) is 5.24. The zero-order chi connectivity index (χ0) is 19.8. The molecule has 7 heteroatoms. The third-order valence-electron chi connectivity index (χ3n) is 5.56. The highest BCUT2D eigenvalue weighted by atomic mass is 19.1. The maximum atomic E-state index is 14.5. The molecule has 28 heavy (non-hydrogen) atoms. The molecule has 1 aromatic heterocycles. The van der Waals surface area contributed by atoms with E-state index in [0.717, 1.165) is 31.2 Å². The van der Waals surface area contributed by atoms with Gasteiger partial charge in [-0.3, -0.25) is 4.79 Å². The second-order valence-electron chi connectivity index (χ2n) is 7.42. The zero-order valence-electron chi connectivity index (χ0n) is 16.0. The summed E-state index contributed by atoms with van der Waals surface area (Å²) >= 11 is 0. The highest BCUT2D eigenvalue weighted by Gasteiger charge is 2.31. The van der Waals surface area contributed by atoms with Gasteiger partial charge < -0.3 is 20.1 Å². The molecule has 2 heterocycles. The fourth-order valence-electron chi connectivity index (χ4n) is 3.85. The van der Waals surface area contributed by atoms with Gasteiger partial charge in [-0.15, -0.1) is 0 Å². The molecule has 1 aliphatic carbocycles. The SMILES string of the molecule is CCc1ccc(F)c2c1Oc1cc(NC3CCC(O)CC3)ncc1N(C)C2=O. The molecule has 0 radical (unpaired) electrons. The van der Waals surface area contributed by atoms with E-state index in [4.69, 9.17) is 4.74 Å². The van der Waals surface area contributed by atoms with Crippen LogP contribution in [-0.2, 0) is 6.42 Å². The Kier molecular flexibility index (Phi) is 4.93. The number of aryl methyl sites for hydroxylation is 1. The molecule has 0 bridgehead atoms. The molecular formula is C21H24FN3O3. The van der Waals surface area contributed by atoms with E-state index in [-0.39, 0.29) is 23.5 Å². The number of nitrogens with zero attached hydrogens (tertiary/aromatic N) is 2. The molecule has 0 saturated heterocycles. The first-order valence-corrected chi connectivity index (χ1v) is 9.69. The smallest absolute Gasteiger partial charge is 0.264 e. The van der Waals surface area contributed by atoms with Gasteiger partial charge in [-0.25, -0.2) is 9.37 Å². The van der Waals surface area contributed by atoms with Crippen LogP contribution in [0.5, 0.6) is 11.5 Å². The average molecular weight is 385 g/mol. The Bertz CT molecular complexity index is 910. The van der Waals surface area contributed by atoms with Crippen LogP contribution in [0.4, 0.5) is 15.9 Å². The van der Waals surface area contributed by atoms with Gasteiger partial charge in [-0.05, 0) is 43.7 Å². The number of pyridine rings is 1. The number of carbonyl (C=O) groups is 1. The molecular weight excluding hydrogens is 361 g/mol. The van der Waals surface area contributed by atoms with Crippen LogP contribution >= 0.6 is 0 Å². The van der Waals surface area contributed by atoms with Crippen LogP contribution in [0.3, 0.4) is 0 Å².